The van der Waals surface area contributed by atoms with Gasteiger partial charge >= 0.3 is 0 Å². The van der Waals surface area contributed by atoms with Gasteiger partial charge in [0, 0.05) is 18.0 Å². The Hall–Kier alpha value is -1.02. The van der Waals surface area contributed by atoms with Crippen LogP contribution >= 0.6 is 0 Å². The molecule has 0 aliphatic rings. The minimum atomic E-state index is 0.353. The highest BCUT2D eigenvalue weighted by Crippen LogP contribution is 2.22. The van der Waals surface area contributed by atoms with Gasteiger partial charge < -0.3 is 9.73 Å². The van der Waals surface area contributed by atoms with Crippen LogP contribution in [0, 0.1) is 0 Å². The van der Waals surface area contributed by atoms with Crippen LogP contribution in [0.15, 0.2) is 29.4 Å². The fraction of sp³-hybridized carbons (Fsp3) is 0.500. The molecule has 78 valence electrons. The van der Waals surface area contributed by atoms with Gasteiger partial charge in [-0.05, 0) is 19.0 Å². The lowest BCUT2D eigenvalue weighted by molar-refractivity contribution is 0.490. The summed E-state index contributed by atoms with van der Waals surface area (Å²) in [5.41, 5.74) is 1.27. The van der Waals surface area contributed by atoms with E-state index >= 15 is 0 Å². The van der Waals surface area contributed by atoms with Gasteiger partial charge in [-0.1, -0.05) is 19.9 Å². The predicted molar refractivity (Wildman–Crippen MR) is 59.3 cm³/mol. The van der Waals surface area contributed by atoms with E-state index in [1.165, 1.54) is 5.56 Å². The van der Waals surface area contributed by atoms with Crippen molar-refractivity contribution >= 4 is 0 Å². The summed E-state index contributed by atoms with van der Waals surface area (Å²) >= 11 is 0. The number of nitrogens with one attached hydrogen (secondary N) is 1. The lowest BCUT2D eigenvalue weighted by atomic mass is 10.0. The monoisotopic (exact) mass is 193 g/mol. The molecule has 1 heterocycles. The van der Waals surface area contributed by atoms with Crippen LogP contribution in [0.25, 0.3) is 0 Å². The van der Waals surface area contributed by atoms with Crippen molar-refractivity contribution in [1.29, 1.82) is 0 Å². The third-order valence-electron chi connectivity index (χ3n) is 2.33. The second-order valence-electron chi connectivity index (χ2n) is 3.29. The van der Waals surface area contributed by atoms with Crippen LogP contribution in [-0.2, 0) is 6.42 Å². The third kappa shape index (κ3) is 2.48. The number of furan rings is 1. The maximum Gasteiger partial charge on any atom is 0.108 e. The molecule has 0 saturated heterocycles. The van der Waals surface area contributed by atoms with Gasteiger partial charge in [0.05, 0.1) is 6.26 Å². The first-order valence-electron chi connectivity index (χ1n) is 5.24. The van der Waals surface area contributed by atoms with Gasteiger partial charge in [-0.3, -0.25) is 0 Å². The van der Waals surface area contributed by atoms with Crippen LogP contribution in [0.1, 0.15) is 37.6 Å². The molecule has 0 fully saturated rings. The fourth-order valence-electron chi connectivity index (χ4n) is 1.68. The van der Waals surface area contributed by atoms with E-state index in [4.69, 9.17) is 4.42 Å². The maximum atomic E-state index is 5.41. The number of hydrogen-bond acceptors (Lipinski definition) is 2. The number of rotatable bonds is 6. The molecule has 1 atom stereocenters. The standard InChI is InChI=1S/C12H19NO/c1-4-7-11(13-6-3)10-8-9-14-12(10)5-2/h4,8-9,11,13H,1,5-7H2,2-3H3. The van der Waals surface area contributed by atoms with E-state index < -0.39 is 0 Å². The number of hydrogen-bond donors (Lipinski definition) is 1. The fourth-order valence-corrected chi connectivity index (χ4v) is 1.68. The van der Waals surface area contributed by atoms with E-state index in [1.54, 1.807) is 6.26 Å². The van der Waals surface area contributed by atoms with Gasteiger partial charge in [0.25, 0.3) is 0 Å². The molecule has 1 unspecified atom stereocenters. The first-order valence-corrected chi connectivity index (χ1v) is 5.24. The molecule has 0 bridgehead atoms. The van der Waals surface area contributed by atoms with Crippen LogP contribution in [0.5, 0.6) is 0 Å². The van der Waals surface area contributed by atoms with Crippen molar-refractivity contribution in [2.24, 2.45) is 0 Å². The molecule has 0 amide bonds. The Labute approximate surface area is 86.0 Å². The zero-order chi connectivity index (χ0) is 10.4. The normalized spacial score (nSPS) is 12.7. The first-order chi connectivity index (χ1) is 6.83. The van der Waals surface area contributed by atoms with Gasteiger partial charge in [0.2, 0.25) is 0 Å². The molecule has 0 aliphatic carbocycles. The second kappa shape index (κ2) is 5.66. The van der Waals surface area contributed by atoms with E-state index in [2.05, 4.69) is 31.8 Å². The molecule has 1 rings (SSSR count). The third-order valence-corrected chi connectivity index (χ3v) is 2.33. The highest BCUT2D eigenvalue weighted by atomic mass is 16.3. The molecule has 1 N–H and O–H groups in total. The molecular weight excluding hydrogens is 174 g/mol. The first kappa shape index (κ1) is 11.1. The Kier molecular flexibility index (Phi) is 4.47. The molecule has 0 spiro atoms. The van der Waals surface area contributed by atoms with Crippen molar-refractivity contribution < 1.29 is 4.42 Å². The zero-order valence-corrected chi connectivity index (χ0v) is 9.05. The lowest BCUT2D eigenvalue weighted by Crippen LogP contribution is -2.20. The maximum absolute atomic E-state index is 5.41. The Morgan fingerprint density at radius 1 is 1.57 bits per heavy atom. The van der Waals surface area contributed by atoms with Gasteiger partial charge in [0.15, 0.2) is 0 Å². The molecule has 1 aromatic rings. The van der Waals surface area contributed by atoms with Gasteiger partial charge in [-0.15, -0.1) is 6.58 Å². The average molecular weight is 193 g/mol. The molecule has 2 heteroatoms. The Morgan fingerprint density at radius 3 is 2.93 bits per heavy atom. The Balaban J connectivity index is 2.80. The second-order valence-corrected chi connectivity index (χ2v) is 3.29. The predicted octanol–water partition coefficient (Wildman–Crippen LogP) is 3.07. The summed E-state index contributed by atoms with van der Waals surface area (Å²) in [6.45, 7) is 8.97. The summed E-state index contributed by atoms with van der Waals surface area (Å²) in [7, 11) is 0. The molecule has 14 heavy (non-hydrogen) atoms. The van der Waals surface area contributed by atoms with Crippen molar-refractivity contribution in [3.8, 4) is 0 Å². The molecule has 0 aromatic carbocycles. The number of aryl methyl sites for hydroxylation is 1. The van der Waals surface area contributed by atoms with E-state index in [0.29, 0.717) is 6.04 Å². The quantitative estimate of drug-likeness (QED) is 0.702. The van der Waals surface area contributed by atoms with E-state index in [1.807, 2.05) is 6.08 Å². The topological polar surface area (TPSA) is 25.2 Å². The van der Waals surface area contributed by atoms with Crippen LogP contribution in [-0.4, -0.2) is 6.54 Å². The molecule has 0 saturated carbocycles. The largest absolute Gasteiger partial charge is 0.469 e. The Morgan fingerprint density at radius 2 is 2.36 bits per heavy atom. The summed E-state index contributed by atoms with van der Waals surface area (Å²) in [4.78, 5) is 0. The van der Waals surface area contributed by atoms with Crippen LogP contribution < -0.4 is 5.32 Å². The van der Waals surface area contributed by atoms with Crippen molar-refractivity contribution in [1.82, 2.24) is 5.32 Å². The summed E-state index contributed by atoms with van der Waals surface area (Å²) in [5.74, 6) is 1.08. The Bertz CT molecular complexity index is 278. The zero-order valence-electron chi connectivity index (χ0n) is 9.05. The van der Waals surface area contributed by atoms with Crippen molar-refractivity contribution in [2.45, 2.75) is 32.7 Å². The smallest absolute Gasteiger partial charge is 0.108 e. The highest BCUT2D eigenvalue weighted by molar-refractivity contribution is 5.22. The summed E-state index contributed by atoms with van der Waals surface area (Å²) in [6, 6.07) is 2.40. The lowest BCUT2D eigenvalue weighted by Gasteiger charge is -2.15. The molecule has 0 radical (unpaired) electrons. The average Bonchev–Trinajstić information content (AvgIpc) is 2.65. The van der Waals surface area contributed by atoms with Crippen LogP contribution in [0.3, 0.4) is 0 Å². The minimum absolute atomic E-state index is 0.353. The van der Waals surface area contributed by atoms with Gasteiger partial charge in [-0.25, -0.2) is 0 Å². The van der Waals surface area contributed by atoms with Crippen molar-refractivity contribution in [3.05, 3.63) is 36.3 Å². The summed E-state index contributed by atoms with van der Waals surface area (Å²) in [5, 5.41) is 3.43. The molecule has 0 aliphatic heterocycles. The van der Waals surface area contributed by atoms with Gasteiger partial charge in [0.1, 0.15) is 5.76 Å². The van der Waals surface area contributed by atoms with E-state index in [0.717, 1.165) is 25.1 Å². The van der Waals surface area contributed by atoms with Crippen LogP contribution in [0.4, 0.5) is 0 Å². The molecule has 2 nitrogen and oxygen atoms in total. The van der Waals surface area contributed by atoms with Gasteiger partial charge in [-0.2, -0.15) is 0 Å². The molecule has 1 aromatic heterocycles. The van der Waals surface area contributed by atoms with E-state index in [-0.39, 0.29) is 0 Å². The summed E-state index contributed by atoms with van der Waals surface area (Å²) in [6.07, 6.45) is 5.60. The SMILES string of the molecule is C=CCC(NCC)c1ccoc1CC. The highest BCUT2D eigenvalue weighted by Gasteiger charge is 2.14. The van der Waals surface area contributed by atoms with Crippen molar-refractivity contribution in [3.63, 3.8) is 0 Å². The van der Waals surface area contributed by atoms with E-state index in [9.17, 15) is 0 Å². The molecular formula is C12H19NO. The van der Waals surface area contributed by atoms with Crippen molar-refractivity contribution in [2.75, 3.05) is 6.54 Å². The van der Waals surface area contributed by atoms with Crippen LogP contribution in [0.2, 0.25) is 0 Å². The summed E-state index contributed by atoms with van der Waals surface area (Å²) < 4.78 is 5.41. The minimum Gasteiger partial charge on any atom is -0.469 e.